The molecule has 0 aromatic carbocycles. The van der Waals surface area contributed by atoms with Crippen molar-refractivity contribution >= 4 is 38.6 Å². The maximum Gasteiger partial charge on any atom is 0.174 e. The molecule has 6 heteroatoms. The molecule has 0 aliphatic carbocycles. The molecular formula is C9H11ClO3S2. The van der Waals surface area contributed by atoms with E-state index in [4.69, 9.17) is 11.6 Å². The van der Waals surface area contributed by atoms with Crippen LogP contribution in [0.25, 0.3) is 0 Å². The predicted molar refractivity (Wildman–Crippen MR) is 62.6 cm³/mol. The van der Waals surface area contributed by atoms with Crippen LogP contribution in [0.4, 0.5) is 0 Å². The Kier molecular flexibility index (Phi) is 4.31. The average Bonchev–Trinajstić information content (AvgIpc) is 2.48. The lowest BCUT2D eigenvalue weighted by atomic mass is 10.2. The fourth-order valence-electron chi connectivity index (χ4n) is 1.10. The second kappa shape index (κ2) is 5.09. The van der Waals surface area contributed by atoms with Crippen molar-refractivity contribution in [2.75, 3.05) is 12.0 Å². The van der Waals surface area contributed by atoms with E-state index in [1.807, 2.05) is 0 Å². The monoisotopic (exact) mass is 266 g/mol. The van der Waals surface area contributed by atoms with Crippen LogP contribution in [0.2, 0.25) is 5.02 Å². The highest BCUT2D eigenvalue weighted by molar-refractivity contribution is 7.90. The fourth-order valence-corrected chi connectivity index (χ4v) is 2.90. The molecule has 0 spiro atoms. The first-order valence-corrected chi connectivity index (χ1v) is 7.66. The minimum atomic E-state index is -2.98. The zero-order valence-corrected chi connectivity index (χ0v) is 10.6. The van der Waals surface area contributed by atoms with Crippen LogP contribution >= 0.6 is 22.9 Å². The van der Waals surface area contributed by atoms with E-state index >= 15 is 0 Å². The lowest BCUT2D eigenvalue weighted by Crippen LogP contribution is -2.06. The molecule has 0 amide bonds. The molecule has 0 unspecified atom stereocenters. The Labute approximate surface area is 98.0 Å². The van der Waals surface area contributed by atoms with Gasteiger partial charge in [0.1, 0.15) is 9.84 Å². The van der Waals surface area contributed by atoms with Gasteiger partial charge in [-0.3, -0.25) is 4.79 Å². The van der Waals surface area contributed by atoms with Crippen molar-refractivity contribution in [2.45, 2.75) is 12.8 Å². The van der Waals surface area contributed by atoms with Crippen LogP contribution in [-0.2, 0) is 9.84 Å². The highest BCUT2D eigenvalue weighted by Crippen LogP contribution is 2.23. The lowest BCUT2D eigenvalue weighted by molar-refractivity contribution is 0.0986. The SMILES string of the molecule is CS(=O)(=O)CCCC(=O)c1sccc1Cl. The Morgan fingerprint density at radius 1 is 1.53 bits per heavy atom. The normalized spacial score (nSPS) is 11.6. The summed E-state index contributed by atoms with van der Waals surface area (Å²) in [6.45, 7) is 0. The summed E-state index contributed by atoms with van der Waals surface area (Å²) < 4.78 is 21.7. The first kappa shape index (κ1) is 12.7. The number of halogens is 1. The molecule has 1 aromatic heterocycles. The zero-order valence-electron chi connectivity index (χ0n) is 8.20. The molecule has 0 atom stereocenters. The minimum absolute atomic E-state index is 0.0434. The van der Waals surface area contributed by atoms with Gasteiger partial charge in [-0.25, -0.2) is 8.42 Å². The number of carbonyl (C=O) groups excluding carboxylic acids is 1. The molecule has 0 saturated carbocycles. The van der Waals surface area contributed by atoms with Gasteiger partial charge in [0, 0.05) is 12.7 Å². The fraction of sp³-hybridized carbons (Fsp3) is 0.444. The van der Waals surface area contributed by atoms with E-state index in [-0.39, 0.29) is 18.0 Å². The van der Waals surface area contributed by atoms with Crippen molar-refractivity contribution in [3.05, 3.63) is 21.3 Å². The van der Waals surface area contributed by atoms with Crippen LogP contribution in [0.15, 0.2) is 11.4 Å². The largest absolute Gasteiger partial charge is 0.293 e. The summed E-state index contributed by atoms with van der Waals surface area (Å²) in [6.07, 6.45) is 1.74. The Bertz CT molecular complexity index is 448. The first-order chi connectivity index (χ1) is 6.90. The highest BCUT2D eigenvalue weighted by atomic mass is 35.5. The molecule has 0 aliphatic heterocycles. The van der Waals surface area contributed by atoms with Crippen LogP contribution in [0, 0.1) is 0 Å². The molecule has 0 N–H and O–H groups in total. The number of Topliss-reactive ketones (excluding diaryl/α,β-unsaturated/α-hetero) is 1. The lowest BCUT2D eigenvalue weighted by Gasteiger charge is -1.98. The summed E-state index contributed by atoms with van der Waals surface area (Å²) in [4.78, 5) is 12.1. The van der Waals surface area contributed by atoms with Crippen molar-refractivity contribution in [1.29, 1.82) is 0 Å². The Hall–Kier alpha value is -0.390. The first-order valence-electron chi connectivity index (χ1n) is 4.34. The smallest absolute Gasteiger partial charge is 0.174 e. The second-order valence-electron chi connectivity index (χ2n) is 3.25. The minimum Gasteiger partial charge on any atom is -0.293 e. The van der Waals surface area contributed by atoms with Crippen LogP contribution in [-0.4, -0.2) is 26.2 Å². The van der Waals surface area contributed by atoms with Gasteiger partial charge in [0.2, 0.25) is 0 Å². The topological polar surface area (TPSA) is 51.2 Å². The van der Waals surface area contributed by atoms with Gasteiger partial charge in [-0.2, -0.15) is 0 Å². The number of ketones is 1. The maximum absolute atomic E-state index is 11.5. The van der Waals surface area contributed by atoms with Crippen molar-refractivity contribution in [3.8, 4) is 0 Å². The van der Waals surface area contributed by atoms with Crippen LogP contribution in [0.1, 0.15) is 22.5 Å². The van der Waals surface area contributed by atoms with E-state index in [9.17, 15) is 13.2 Å². The van der Waals surface area contributed by atoms with Crippen LogP contribution < -0.4 is 0 Å². The van der Waals surface area contributed by atoms with E-state index < -0.39 is 9.84 Å². The van der Waals surface area contributed by atoms with Crippen molar-refractivity contribution in [2.24, 2.45) is 0 Å². The van der Waals surface area contributed by atoms with E-state index in [1.165, 1.54) is 11.3 Å². The van der Waals surface area contributed by atoms with Gasteiger partial charge in [-0.05, 0) is 17.9 Å². The van der Waals surface area contributed by atoms with E-state index in [1.54, 1.807) is 11.4 Å². The van der Waals surface area contributed by atoms with E-state index in [2.05, 4.69) is 0 Å². The van der Waals surface area contributed by atoms with Crippen molar-refractivity contribution in [3.63, 3.8) is 0 Å². The van der Waals surface area contributed by atoms with Crippen LogP contribution in [0.3, 0.4) is 0 Å². The summed E-state index contributed by atoms with van der Waals surface area (Å²) in [6, 6.07) is 1.66. The third-order valence-corrected chi connectivity index (χ3v) is 4.20. The molecule has 0 saturated heterocycles. The summed E-state index contributed by atoms with van der Waals surface area (Å²) in [5.41, 5.74) is 0. The number of carbonyl (C=O) groups is 1. The molecule has 0 fully saturated rings. The molecule has 0 aliphatic rings. The van der Waals surface area contributed by atoms with Crippen molar-refractivity contribution < 1.29 is 13.2 Å². The van der Waals surface area contributed by atoms with Gasteiger partial charge in [0.15, 0.2) is 5.78 Å². The number of hydrogen-bond acceptors (Lipinski definition) is 4. The van der Waals surface area contributed by atoms with Gasteiger partial charge < -0.3 is 0 Å². The van der Waals surface area contributed by atoms with Gasteiger partial charge in [0.25, 0.3) is 0 Å². The Morgan fingerprint density at radius 3 is 2.67 bits per heavy atom. The third kappa shape index (κ3) is 4.32. The van der Waals surface area contributed by atoms with Gasteiger partial charge in [-0.1, -0.05) is 11.6 Å². The molecule has 3 nitrogen and oxygen atoms in total. The zero-order chi connectivity index (χ0) is 11.5. The number of rotatable bonds is 5. The molecular weight excluding hydrogens is 256 g/mol. The maximum atomic E-state index is 11.5. The molecule has 1 aromatic rings. The molecule has 0 bridgehead atoms. The number of sulfone groups is 1. The molecule has 84 valence electrons. The standard InChI is InChI=1S/C9H11ClO3S2/c1-15(12,13)6-2-3-8(11)9-7(10)4-5-14-9/h4-5H,2-3,6H2,1H3. The number of thiophene rings is 1. The van der Waals surface area contributed by atoms with Crippen LogP contribution in [0.5, 0.6) is 0 Å². The van der Waals surface area contributed by atoms with Gasteiger partial charge in [0.05, 0.1) is 15.7 Å². The van der Waals surface area contributed by atoms with Gasteiger partial charge >= 0.3 is 0 Å². The highest BCUT2D eigenvalue weighted by Gasteiger charge is 2.12. The average molecular weight is 267 g/mol. The Morgan fingerprint density at radius 2 is 2.20 bits per heavy atom. The summed E-state index contributed by atoms with van der Waals surface area (Å²) in [5.74, 6) is -0.0412. The van der Waals surface area contributed by atoms with Gasteiger partial charge in [-0.15, -0.1) is 11.3 Å². The van der Waals surface area contributed by atoms with E-state index in [0.717, 1.165) is 6.26 Å². The summed E-state index contributed by atoms with van der Waals surface area (Å²) in [7, 11) is -2.98. The molecule has 1 rings (SSSR count). The molecule has 1 heterocycles. The quantitative estimate of drug-likeness (QED) is 0.769. The molecule has 15 heavy (non-hydrogen) atoms. The summed E-state index contributed by atoms with van der Waals surface area (Å²) >= 11 is 7.06. The number of hydrogen-bond donors (Lipinski definition) is 0. The van der Waals surface area contributed by atoms with Crippen molar-refractivity contribution in [1.82, 2.24) is 0 Å². The third-order valence-electron chi connectivity index (χ3n) is 1.79. The second-order valence-corrected chi connectivity index (χ2v) is 6.84. The predicted octanol–water partition coefficient (Wildman–Crippen LogP) is 2.41. The summed E-state index contributed by atoms with van der Waals surface area (Å²) in [5, 5.41) is 2.19. The Balaban J connectivity index is 2.48. The molecule has 0 radical (unpaired) electrons. The van der Waals surface area contributed by atoms with E-state index in [0.29, 0.717) is 16.3 Å².